The van der Waals surface area contributed by atoms with Gasteiger partial charge in [-0.1, -0.05) is 0 Å². The molecule has 0 saturated carbocycles. The zero-order chi connectivity index (χ0) is 17.9. The fourth-order valence-corrected chi connectivity index (χ4v) is 2.90. The molecule has 1 amide bonds. The molecule has 0 unspecified atom stereocenters. The molecule has 2 aromatic carbocycles. The number of amides is 1. The third kappa shape index (κ3) is 4.04. The van der Waals surface area contributed by atoms with Crippen LogP contribution >= 0.6 is 0 Å². The monoisotopic (exact) mass is 361 g/mol. The zero-order valence-electron chi connectivity index (χ0n) is 12.7. The first kappa shape index (κ1) is 16.7. The second-order valence-electron chi connectivity index (χ2n) is 4.95. The van der Waals surface area contributed by atoms with E-state index in [1.165, 1.54) is 36.6 Å². The summed E-state index contributed by atoms with van der Waals surface area (Å²) in [6, 6.07) is 13.1. The Balaban J connectivity index is 1.70. The topological polar surface area (TPSA) is 85.6 Å². The number of hydrogen-bond acceptors (Lipinski definition) is 5. The third-order valence-corrected chi connectivity index (χ3v) is 4.43. The number of benzene rings is 2. The molecule has 0 atom stereocenters. The number of halogens is 1. The Morgan fingerprint density at radius 1 is 1.00 bits per heavy atom. The highest BCUT2D eigenvalue weighted by molar-refractivity contribution is 7.87. The molecule has 8 heteroatoms. The number of carbonyl (C=O) groups excluding carboxylic acids is 1. The number of hydrogen-bond donors (Lipinski definition) is 1. The average molecular weight is 361 g/mol. The predicted molar refractivity (Wildman–Crippen MR) is 87.3 cm³/mol. The Morgan fingerprint density at radius 3 is 2.28 bits per heavy atom. The summed E-state index contributed by atoms with van der Waals surface area (Å²) < 4.78 is 47.0. The fraction of sp³-hybridized carbons (Fsp3) is 0. The summed E-state index contributed by atoms with van der Waals surface area (Å²) in [7, 11) is -4.07. The zero-order valence-corrected chi connectivity index (χ0v) is 13.5. The van der Waals surface area contributed by atoms with Crippen LogP contribution in [0.4, 0.5) is 10.1 Å². The SMILES string of the molecule is O=C(Nc1ccc(OS(=O)(=O)c2ccc(F)cc2)cc1)c1ccco1. The van der Waals surface area contributed by atoms with Gasteiger partial charge >= 0.3 is 10.1 Å². The predicted octanol–water partition coefficient (Wildman–Crippen LogP) is 3.44. The van der Waals surface area contributed by atoms with E-state index in [-0.39, 0.29) is 16.4 Å². The Bertz CT molecular complexity index is 965. The first-order chi connectivity index (χ1) is 11.9. The van der Waals surface area contributed by atoms with E-state index in [0.29, 0.717) is 5.69 Å². The van der Waals surface area contributed by atoms with Crippen molar-refractivity contribution < 1.29 is 26.2 Å². The van der Waals surface area contributed by atoms with Gasteiger partial charge in [-0.25, -0.2) is 4.39 Å². The molecule has 0 radical (unpaired) electrons. The highest BCUT2D eigenvalue weighted by Gasteiger charge is 2.17. The smallest absolute Gasteiger partial charge is 0.339 e. The molecule has 0 saturated heterocycles. The molecule has 0 spiro atoms. The Hall–Kier alpha value is -3.13. The quantitative estimate of drug-likeness (QED) is 0.704. The van der Waals surface area contributed by atoms with Crippen molar-refractivity contribution in [2.75, 3.05) is 5.32 Å². The van der Waals surface area contributed by atoms with Crippen LogP contribution in [0, 0.1) is 5.82 Å². The maximum absolute atomic E-state index is 12.9. The largest absolute Gasteiger partial charge is 0.459 e. The van der Waals surface area contributed by atoms with Crippen molar-refractivity contribution in [3.05, 3.63) is 78.5 Å². The first-order valence-electron chi connectivity index (χ1n) is 7.09. The lowest BCUT2D eigenvalue weighted by atomic mass is 10.3. The van der Waals surface area contributed by atoms with E-state index in [4.69, 9.17) is 8.60 Å². The van der Waals surface area contributed by atoms with E-state index in [0.717, 1.165) is 24.3 Å². The average Bonchev–Trinajstić information content (AvgIpc) is 3.11. The summed E-state index contributed by atoms with van der Waals surface area (Å²) in [6.45, 7) is 0. The van der Waals surface area contributed by atoms with Gasteiger partial charge in [0.15, 0.2) is 5.76 Å². The van der Waals surface area contributed by atoms with Crippen LogP contribution in [-0.2, 0) is 10.1 Å². The van der Waals surface area contributed by atoms with Crippen molar-refractivity contribution in [2.24, 2.45) is 0 Å². The van der Waals surface area contributed by atoms with Gasteiger partial charge in [0.2, 0.25) is 0 Å². The van der Waals surface area contributed by atoms with Gasteiger partial charge in [-0.05, 0) is 60.7 Å². The van der Waals surface area contributed by atoms with Crippen LogP contribution in [-0.4, -0.2) is 14.3 Å². The van der Waals surface area contributed by atoms with Crippen LogP contribution in [0.5, 0.6) is 5.75 Å². The van der Waals surface area contributed by atoms with Gasteiger partial charge in [0.25, 0.3) is 5.91 Å². The number of nitrogens with one attached hydrogen (secondary N) is 1. The summed E-state index contributed by atoms with van der Waals surface area (Å²) in [5.41, 5.74) is 0.438. The van der Waals surface area contributed by atoms with Crippen LogP contribution < -0.4 is 9.50 Å². The normalized spacial score (nSPS) is 11.1. The van der Waals surface area contributed by atoms with Gasteiger partial charge in [0, 0.05) is 5.69 Å². The van der Waals surface area contributed by atoms with Crippen LogP contribution in [0.1, 0.15) is 10.6 Å². The number of rotatable bonds is 5. The van der Waals surface area contributed by atoms with E-state index in [1.54, 1.807) is 6.07 Å². The third-order valence-electron chi connectivity index (χ3n) is 3.17. The molecule has 6 nitrogen and oxygen atoms in total. The van der Waals surface area contributed by atoms with Crippen molar-refractivity contribution in [1.29, 1.82) is 0 Å². The standard InChI is InChI=1S/C17H12FNO5S/c18-12-3-9-15(10-4-12)25(21,22)24-14-7-5-13(6-8-14)19-17(20)16-2-1-11-23-16/h1-11H,(H,19,20). The molecule has 25 heavy (non-hydrogen) atoms. The van der Waals surface area contributed by atoms with Gasteiger partial charge in [0.05, 0.1) is 6.26 Å². The van der Waals surface area contributed by atoms with E-state index in [2.05, 4.69) is 5.32 Å². The van der Waals surface area contributed by atoms with Gasteiger partial charge in [-0.3, -0.25) is 4.79 Å². The van der Waals surface area contributed by atoms with Crippen LogP contribution in [0.2, 0.25) is 0 Å². The van der Waals surface area contributed by atoms with E-state index in [9.17, 15) is 17.6 Å². The lowest BCUT2D eigenvalue weighted by Gasteiger charge is -2.08. The number of furan rings is 1. The molecule has 3 rings (SSSR count). The second-order valence-corrected chi connectivity index (χ2v) is 6.49. The van der Waals surface area contributed by atoms with Crippen molar-refractivity contribution in [3.8, 4) is 5.75 Å². The molecular formula is C17H12FNO5S. The van der Waals surface area contributed by atoms with Crippen LogP contribution in [0.15, 0.2) is 76.2 Å². The maximum Gasteiger partial charge on any atom is 0.339 e. The van der Waals surface area contributed by atoms with E-state index in [1.807, 2.05) is 0 Å². The molecule has 3 aromatic rings. The minimum atomic E-state index is -4.07. The van der Waals surface area contributed by atoms with Gasteiger partial charge in [0.1, 0.15) is 16.5 Å². The molecule has 0 aliphatic rings. The highest BCUT2D eigenvalue weighted by atomic mass is 32.2. The minimum Gasteiger partial charge on any atom is -0.459 e. The van der Waals surface area contributed by atoms with E-state index >= 15 is 0 Å². The number of carbonyl (C=O) groups is 1. The Labute approximate surface area is 143 Å². The summed E-state index contributed by atoms with van der Waals surface area (Å²) in [5, 5.41) is 2.59. The summed E-state index contributed by atoms with van der Waals surface area (Å²) >= 11 is 0. The van der Waals surface area contributed by atoms with Crippen molar-refractivity contribution in [3.63, 3.8) is 0 Å². The minimum absolute atomic E-state index is 0.0559. The summed E-state index contributed by atoms with van der Waals surface area (Å²) in [5.74, 6) is -0.771. The van der Waals surface area contributed by atoms with Gasteiger partial charge < -0.3 is 13.9 Å². The molecule has 128 valence electrons. The maximum atomic E-state index is 12.9. The summed E-state index contributed by atoms with van der Waals surface area (Å²) in [4.78, 5) is 11.7. The molecule has 1 N–H and O–H groups in total. The second kappa shape index (κ2) is 6.78. The van der Waals surface area contributed by atoms with Gasteiger partial charge in [-0.2, -0.15) is 8.42 Å². The lowest BCUT2D eigenvalue weighted by Crippen LogP contribution is -2.11. The summed E-state index contributed by atoms with van der Waals surface area (Å²) in [6.07, 6.45) is 1.38. The fourth-order valence-electron chi connectivity index (χ4n) is 1.97. The lowest BCUT2D eigenvalue weighted by molar-refractivity contribution is 0.0996. The van der Waals surface area contributed by atoms with Crippen molar-refractivity contribution in [1.82, 2.24) is 0 Å². The first-order valence-corrected chi connectivity index (χ1v) is 8.50. The molecule has 0 aliphatic heterocycles. The van der Waals surface area contributed by atoms with Crippen molar-refractivity contribution >= 4 is 21.7 Å². The molecule has 0 fully saturated rings. The Kier molecular flexibility index (Phi) is 4.53. The van der Waals surface area contributed by atoms with Crippen LogP contribution in [0.3, 0.4) is 0 Å². The van der Waals surface area contributed by atoms with E-state index < -0.39 is 21.8 Å². The Morgan fingerprint density at radius 2 is 1.68 bits per heavy atom. The molecule has 0 aliphatic carbocycles. The molecule has 1 aromatic heterocycles. The van der Waals surface area contributed by atoms with Gasteiger partial charge in [-0.15, -0.1) is 0 Å². The number of anilines is 1. The van der Waals surface area contributed by atoms with Crippen LogP contribution in [0.25, 0.3) is 0 Å². The molecule has 0 bridgehead atoms. The molecule has 1 heterocycles. The molecular weight excluding hydrogens is 349 g/mol. The highest BCUT2D eigenvalue weighted by Crippen LogP contribution is 2.21. The van der Waals surface area contributed by atoms with Crippen molar-refractivity contribution in [2.45, 2.75) is 4.90 Å².